The summed E-state index contributed by atoms with van der Waals surface area (Å²) in [4.78, 5) is 15.8. The molecule has 4 heterocycles. The Labute approximate surface area is 135 Å². The second-order valence-corrected chi connectivity index (χ2v) is 6.08. The highest BCUT2D eigenvalue weighted by Gasteiger charge is 2.22. The summed E-state index contributed by atoms with van der Waals surface area (Å²) in [5.41, 5.74) is 0.911. The van der Waals surface area contributed by atoms with E-state index >= 15 is 0 Å². The lowest BCUT2D eigenvalue weighted by molar-refractivity contribution is 0.277. The van der Waals surface area contributed by atoms with E-state index in [-0.39, 0.29) is 0 Å². The van der Waals surface area contributed by atoms with Crippen molar-refractivity contribution in [2.75, 3.05) is 25.0 Å². The van der Waals surface area contributed by atoms with Crippen LogP contribution in [0.4, 0.5) is 5.82 Å². The molecule has 23 heavy (non-hydrogen) atoms. The van der Waals surface area contributed by atoms with E-state index in [1.54, 1.807) is 6.20 Å². The van der Waals surface area contributed by atoms with Crippen LogP contribution in [0.25, 0.3) is 21.7 Å². The van der Waals surface area contributed by atoms with Crippen molar-refractivity contribution in [2.45, 2.75) is 25.8 Å². The first-order valence-electron chi connectivity index (χ1n) is 8.32. The fourth-order valence-corrected chi connectivity index (χ4v) is 3.59. The third-order valence-corrected chi connectivity index (χ3v) is 4.81. The van der Waals surface area contributed by atoms with Gasteiger partial charge in [0.15, 0.2) is 0 Å². The van der Waals surface area contributed by atoms with Crippen molar-refractivity contribution in [1.29, 1.82) is 0 Å². The van der Waals surface area contributed by atoms with Gasteiger partial charge in [-0.05, 0) is 38.1 Å². The number of hydrogen-bond acceptors (Lipinski definition) is 5. The summed E-state index contributed by atoms with van der Waals surface area (Å²) < 4.78 is 0. The molecule has 1 unspecified atom stereocenters. The summed E-state index contributed by atoms with van der Waals surface area (Å²) >= 11 is 0. The first kappa shape index (κ1) is 14.3. The Bertz CT molecular complexity index is 832. The molecule has 0 amide bonds. The van der Waals surface area contributed by atoms with Crippen LogP contribution in [0.15, 0.2) is 36.9 Å². The average molecular weight is 307 g/mol. The lowest BCUT2D eigenvalue weighted by atomic mass is 10.1. The molecular formula is C18H21N5. The highest BCUT2D eigenvalue weighted by Crippen LogP contribution is 2.28. The predicted molar refractivity (Wildman–Crippen MR) is 93.6 cm³/mol. The van der Waals surface area contributed by atoms with E-state index in [9.17, 15) is 0 Å². The molecule has 1 fully saturated rings. The Morgan fingerprint density at radius 2 is 1.96 bits per heavy atom. The number of nitrogens with one attached hydrogen (secondary N) is 1. The van der Waals surface area contributed by atoms with Crippen molar-refractivity contribution in [3.63, 3.8) is 0 Å². The number of likely N-dealkylation sites (N-methyl/N-ethyl adjacent to an activating group) is 1. The van der Waals surface area contributed by atoms with Crippen molar-refractivity contribution < 1.29 is 0 Å². The molecule has 3 aromatic heterocycles. The van der Waals surface area contributed by atoms with Gasteiger partial charge in [0.05, 0.1) is 11.7 Å². The van der Waals surface area contributed by atoms with Crippen molar-refractivity contribution in [2.24, 2.45) is 0 Å². The molecule has 3 aromatic rings. The molecule has 5 nitrogen and oxygen atoms in total. The van der Waals surface area contributed by atoms with Gasteiger partial charge in [0.25, 0.3) is 0 Å². The molecule has 1 atom stereocenters. The summed E-state index contributed by atoms with van der Waals surface area (Å²) in [6, 6.07) is 4.64. The Hall–Kier alpha value is -2.27. The first-order valence-corrected chi connectivity index (χ1v) is 8.32. The lowest BCUT2D eigenvalue weighted by Crippen LogP contribution is -2.34. The van der Waals surface area contributed by atoms with E-state index < -0.39 is 0 Å². The highest BCUT2D eigenvalue weighted by molar-refractivity contribution is 6.09. The molecule has 0 spiro atoms. The third-order valence-electron chi connectivity index (χ3n) is 4.81. The van der Waals surface area contributed by atoms with Crippen LogP contribution in [0.5, 0.6) is 0 Å². The topological polar surface area (TPSA) is 53.9 Å². The van der Waals surface area contributed by atoms with E-state index in [2.05, 4.69) is 27.1 Å². The maximum absolute atomic E-state index is 4.80. The molecule has 4 rings (SSSR count). The Balaban J connectivity index is 1.70. The first-order chi connectivity index (χ1) is 11.4. The van der Waals surface area contributed by atoms with Gasteiger partial charge in [-0.25, -0.2) is 4.98 Å². The minimum atomic E-state index is 0.600. The van der Waals surface area contributed by atoms with E-state index in [0.29, 0.717) is 6.04 Å². The number of likely N-dealkylation sites (tertiary alicyclic amines) is 1. The highest BCUT2D eigenvalue weighted by atomic mass is 15.2. The molecule has 118 valence electrons. The van der Waals surface area contributed by atoms with Crippen molar-refractivity contribution in [3.8, 4) is 0 Å². The molecule has 0 aromatic carbocycles. The van der Waals surface area contributed by atoms with E-state index in [0.717, 1.165) is 40.6 Å². The molecule has 0 saturated carbocycles. The summed E-state index contributed by atoms with van der Waals surface area (Å²) in [5, 5.41) is 6.93. The largest absolute Gasteiger partial charge is 0.368 e. The number of pyridine rings is 3. The lowest BCUT2D eigenvalue weighted by Gasteiger charge is -2.23. The van der Waals surface area contributed by atoms with Crippen molar-refractivity contribution in [3.05, 3.63) is 36.9 Å². The van der Waals surface area contributed by atoms with E-state index in [1.165, 1.54) is 19.4 Å². The number of aromatic nitrogens is 3. The standard InChI is InChI=1S/C18H21N5/c1-2-23-9-3-4-13(23)10-21-18-15-6-8-19-11-16(15)14-5-7-20-12-17(14)22-18/h5-8,11-13H,2-4,9-10H2,1H3,(H,21,22). The van der Waals surface area contributed by atoms with Crippen molar-refractivity contribution in [1.82, 2.24) is 19.9 Å². The molecular weight excluding hydrogens is 286 g/mol. The van der Waals surface area contributed by atoms with Crippen molar-refractivity contribution >= 4 is 27.5 Å². The Morgan fingerprint density at radius 1 is 1.13 bits per heavy atom. The predicted octanol–water partition coefficient (Wildman–Crippen LogP) is 3.07. The molecule has 5 heteroatoms. The fourth-order valence-electron chi connectivity index (χ4n) is 3.59. The van der Waals surface area contributed by atoms with Crippen LogP contribution in [0.2, 0.25) is 0 Å². The minimum Gasteiger partial charge on any atom is -0.368 e. The van der Waals surface area contributed by atoms with Crippen LogP contribution in [0, 0.1) is 0 Å². The van der Waals surface area contributed by atoms with Gasteiger partial charge < -0.3 is 5.32 Å². The van der Waals surface area contributed by atoms with Gasteiger partial charge in [-0.15, -0.1) is 0 Å². The monoisotopic (exact) mass is 307 g/mol. The van der Waals surface area contributed by atoms with E-state index in [4.69, 9.17) is 4.98 Å². The van der Waals surface area contributed by atoms with Crippen LogP contribution in [-0.4, -0.2) is 45.5 Å². The molecule has 1 N–H and O–H groups in total. The van der Waals surface area contributed by atoms with Gasteiger partial charge in [0, 0.05) is 47.3 Å². The number of rotatable bonds is 4. The molecule has 0 aliphatic carbocycles. The van der Waals surface area contributed by atoms with Gasteiger partial charge in [-0.2, -0.15) is 0 Å². The van der Waals surface area contributed by atoms with Crippen LogP contribution >= 0.6 is 0 Å². The number of fused-ring (bicyclic) bond motifs is 3. The maximum atomic E-state index is 4.80. The van der Waals surface area contributed by atoms with Crippen LogP contribution < -0.4 is 5.32 Å². The van der Waals surface area contributed by atoms with Gasteiger partial charge in [-0.1, -0.05) is 6.92 Å². The fraction of sp³-hybridized carbons (Fsp3) is 0.389. The quantitative estimate of drug-likeness (QED) is 0.751. The number of nitrogens with zero attached hydrogens (tertiary/aromatic N) is 4. The zero-order chi connectivity index (χ0) is 15.6. The van der Waals surface area contributed by atoms with Gasteiger partial charge in [0.2, 0.25) is 0 Å². The second kappa shape index (κ2) is 6.08. The van der Waals surface area contributed by atoms with Gasteiger partial charge in [-0.3, -0.25) is 14.9 Å². The Morgan fingerprint density at radius 3 is 2.83 bits per heavy atom. The zero-order valence-corrected chi connectivity index (χ0v) is 13.4. The molecule has 1 aliphatic rings. The average Bonchev–Trinajstić information content (AvgIpc) is 3.07. The number of hydrogen-bond donors (Lipinski definition) is 1. The summed E-state index contributed by atoms with van der Waals surface area (Å²) in [6.45, 7) is 5.50. The molecule has 0 bridgehead atoms. The smallest absolute Gasteiger partial charge is 0.134 e. The Kier molecular flexibility index (Phi) is 3.79. The van der Waals surface area contributed by atoms with Crippen LogP contribution in [-0.2, 0) is 0 Å². The summed E-state index contributed by atoms with van der Waals surface area (Å²) in [7, 11) is 0. The van der Waals surface area contributed by atoms with Gasteiger partial charge >= 0.3 is 0 Å². The normalized spacial score (nSPS) is 18.7. The molecule has 0 radical (unpaired) electrons. The SMILES string of the molecule is CCN1CCCC1CNc1nc2cnccc2c2cnccc12. The van der Waals surface area contributed by atoms with Crippen LogP contribution in [0.3, 0.4) is 0 Å². The van der Waals surface area contributed by atoms with Crippen LogP contribution in [0.1, 0.15) is 19.8 Å². The third kappa shape index (κ3) is 2.61. The van der Waals surface area contributed by atoms with Gasteiger partial charge in [0.1, 0.15) is 5.82 Å². The minimum absolute atomic E-state index is 0.600. The molecule has 1 saturated heterocycles. The molecule has 1 aliphatic heterocycles. The zero-order valence-electron chi connectivity index (χ0n) is 13.4. The van der Waals surface area contributed by atoms with E-state index in [1.807, 2.05) is 30.7 Å². The maximum Gasteiger partial charge on any atom is 0.134 e. The second-order valence-electron chi connectivity index (χ2n) is 6.08. The summed E-state index contributed by atoms with van der Waals surface area (Å²) in [5.74, 6) is 0.936. The number of anilines is 1. The summed E-state index contributed by atoms with van der Waals surface area (Å²) in [6.07, 6.45) is 9.92.